The number of nitrogens with zero attached hydrogens (tertiary/aromatic N) is 1. The van der Waals surface area contributed by atoms with Gasteiger partial charge in [0.15, 0.2) is 0 Å². The molecule has 0 aliphatic carbocycles. The van der Waals surface area contributed by atoms with Gasteiger partial charge in [-0.2, -0.15) is 13.2 Å². The fourth-order valence-electron chi connectivity index (χ4n) is 3.92. The SMILES string of the molecule is Cc1cc(C(=O)Nc2ccc(S(=O)(=O)c3ccccc3)cc2)c(C)n1-c1ccccc1C(F)(F)F. The summed E-state index contributed by atoms with van der Waals surface area (Å²) in [7, 11) is -3.70. The number of carbonyl (C=O) groups is 1. The molecule has 1 N–H and O–H groups in total. The van der Waals surface area contributed by atoms with Gasteiger partial charge >= 0.3 is 6.18 Å². The smallest absolute Gasteiger partial charge is 0.322 e. The molecular weight excluding hydrogens is 477 g/mol. The number of carbonyl (C=O) groups excluding carboxylic acids is 1. The Hall–Kier alpha value is -3.85. The van der Waals surface area contributed by atoms with Crippen molar-refractivity contribution in [3.8, 4) is 5.69 Å². The maximum atomic E-state index is 13.5. The van der Waals surface area contributed by atoms with E-state index in [1.165, 1.54) is 65.2 Å². The van der Waals surface area contributed by atoms with Crippen LogP contribution in [0.2, 0.25) is 0 Å². The summed E-state index contributed by atoms with van der Waals surface area (Å²) < 4.78 is 67.5. The van der Waals surface area contributed by atoms with Crippen LogP contribution < -0.4 is 5.32 Å². The lowest BCUT2D eigenvalue weighted by atomic mass is 10.1. The molecular formula is C26H21F3N2O3S. The molecule has 4 aromatic rings. The van der Waals surface area contributed by atoms with Crippen molar-refractivity contribution in [2.45, 2.75) is 29.8 Å². The summed E-state index contributed by atoms with van der Waals surface area (Å²) in [5.41, 5.74) is 0.505. The number of aromatic nitrogens is 1. The van der Waals surface area contributed by atoms with Crippen LogP contribution in [0.3, 0.4) is 0 Å². The van der Waals surface area contributed by atoms with Crippen molar-refractivity contribution in [3.05, 3.63) is 107 Å². The maximum absolute atomic E-state index is 13.5. The van der Waals surface area contributed by atoms with E-state index in [0.29, 0.717) is 17.1 Å². The number of amides is 1. The lowest BCUT2D eigenvalue weighted by Gasteiger charge is -2.16. The van der Waals surface area contributed by atoms with Crippen molar-refractivity contribution in [2.24, 2.45) is 0 Å². The van der Waals surface area contributed by atoms with E-state index in [9.17, 15) is 26.4 Å². The van der Waals surface area contributed by atoms with Gasteiger partial charge in [-0.05, 0) is 68.4 Å². The van der Waals surface area contributed by atoms with Gasteiger partial charge in [-0.3, -0.25) is 4.79 Å². The fourth-order valence-corrected chi connectivity index (χ4v) is 5.21. The summed E-state index contributed by atoms with van der Waals surface area (Å²) in [6.45, 7) is 3.20. The number of sulfone groups is 1. The first-order valence-electron chi connectivity index (χ1n) is 10.6. The molecule has 3 aromatic carbocycles. The molecule has 0 unspecified atom stereocenters. The predicted octanol–water partition coefficient (Wildman–Crippen LogP) is 6.20. The summed E-state index contributed by atoms with van der Waals surface area (Å²) in [4.78, 5) is 13.2. The number of nitrogens with one attached hydrogen (secondary N) is 1. The van der Waals surface area contributed by atoms with Crippen molar-refractivity contribution >= 4 is 21.4 Å². The lowest BCUT2D eigenvalue weighted by molar-refractivity contribution is -0.137. The Kier molecular flexibility index (Phi) is 6.29. The minimum absolute atomic E-state index is 0.0653. The Morgan fingerprint density at radius 1 is 0.829 bits per heavy atom. The third-order valence-electron chi connectivity index (χ3n) is 5.60. The molecule has 0 aliphatic heterocycles. The highest BCUT2D eigenvalue weighted by atomic mass is 32.2. The summed E-state index contributed by atoms with van der Waals surface area (Å²) in [6, 6.07) is 20.4. The number of alkyl halides is 3. The van der Waals surface area contributed by atoms with Gasteiger partial charge in [-0.1, -0.05) is 30.3 Å². The molecule has 1 aromatic heterocycles. The van der Waals surface area contributed by atoms with Gasteiger partial charge in [0.2, 0.25) is 9.84 Å². The van der Waals surface area contributed by atoms with Crippen LogP contribution in [0.15, 0.2) is 94.7 Å². The number of para-hydroxylation sites is 1. The van der Waals surface area contributed by atoms with Crippen LogP contribution in [-0.4, -0.2) is 18.9 Å². The zero-order valence-electron chi connectivity index (χ0n) is 18.8. The largest absolute Gasteiger partial charge is 0.418 e. The van der Waals surface area contributed by atoms with Gasteiger partial charge in [0.25, 0.3) is 5.91 Å². The molecule has 0 spiro atoms. The van der Waals surface area contributed by atoms with Gasteiger partial charge < -0.3 is 9.88 Å². The van der Waals surface area contributed by atoms with E-state index in [0.717, 1.165) is 6.07 Å². The Balaban J connectivity index is 1.61. The third-order valence-corrected chi connectivity index (χ3v) is 7.39. The minimum Gasteiger partial charge on any atom is -0.322 e. The van der Waals surface area contributed by atoms with Crippen LogP contribution in [0.1, 0.15) is 27.3 Å². The van der Waals surface area contributed by atoms with E-state index < -0.39 is 27.5 Å². The average Bonchev–Trinajstić information content (AvgIpc) is 3.13. The molecule has 4 rings (SSSR count). The number of aryl methyl sites for hydroxylation is 1. The molecule has 1 amide bonds. The second-order valence-corrected chi connectivity index (χ2v) is 9.88. The highest BCUT2D eigenvalue weighted by Gasteiger charge is 2.34. The van der Waals surface area contributed by atoms with Gasteiger partial charge in [0.1, 0.15) is 0 Å². The summed E-state index contributed by atoms with van der Waals surface area (Å²) in [6.07, 6.45) is -4.55. The molecule has 0 aliphatic rings. The monoisotopic (exact) mass is 498 g/mol. The van der Waals surface area contributed by atoms with Gasteiger partial charge in [0.05, 0.1) is 26.6 Å². The van der Waals surface area contributed by atoms with E-state index in [1.54, 1.807) is 32.0 Å². The van der Waals surface area contributed by atoms with Crippen LogP contribution in [0, 0.1) is 13.8 Å². The third kappa shape index (κ3) is 4.72. The number of rotatable bonds is 5. The second-order valence-electron chi connectivity index (χ2n) is 7.93. The van der Waals surface area contributed by atoms with E-state index in [4.69, 9.17) is 0 Å². The normalized spacial score (nSPS) is 11.9. The van der Waals surface area contributed by atoms with Crippen molar-refractivity contribution in [1.29, 1.82) is 0 Å². The van der Waals surface area contributed by atoms with Gasteiger partial charge in [0, 0.05) is 17.1 Å². The minimum atomic E-state index is -4.55. The molecule has 1 heterocycles. The quantitative estimate of drug-likeness (QED) is 0.356. The number of benzene rings is 3. The Bertz CT molecular complexity index is 1490. The van der Waals surface area contributed by atoms with Crippen molar-refractivity contribution in [2.75, 3.05) is 5.32 Å². The molecule has 5 nitrogen and oxygen atoms in total. The highest BCUT2D eigenvalue weighted by Crippen LogP contribution is 2.35. The fraction of sp³-hybridized carbons (Fsp3) is 0.115. The highest BCUT2D eigenvalue weighted by molar-refractivity contribution is 7.91. The zero-order chi connectivity index (χ0) is 25.4. The summed E-state index contributed by atoms with van der Waals surface area (Å²) in [5, 5.41) is 2.69. The molecule has 0 fully saturated rings. The van der Waals surface area contributed by atoms with E-state index in [2.05, 4.69) is 5.32 Å². The number of anilines is 1. The van der Waals surface area contributed by atoms with Crippen LogP contribution in [-0.2, 0) is 16.0 Å². The van der Waals surface area contributed by atoms with Gasteiger partial charge in [-0.25, -0.2) is 8.42 Å². The van der Waals surface area contributed by atoms with E-state index in [-0.39, 0.29) is 21.0 Å². The molecule has 0 radical (unpaired) electrons. The van der Waals surface area contributed by atoms with Gasteiger partial charge in [-0.15, -0.1) is 0 Å². The van der Waals surface area contributed by atoms with Crippen molar-refractivity contribution in [3.63, 3.8) is 0 Å². The molecule has 0 saturated heterocycles. The van der Waals surface area contributed by atoms with E-state index in [1.807, 2.05) is 0 Å². The first-order chi connectivity index (χ1) is 16.5. The molecule has 9 heteroatoms. The first kappa shape index (κ1) is 24.3. The van der Waals surface area contributed by atoms with E-state index >= 15 is 0 Å². The standard InChI is InChI=1S/C26H21F3N2O3S/c1-17-16-22(18(2)31(17)24-11-7-6-10-23(24)26(27,28)29)25(32)30-19-12-14-21(15-13-19)35(33,34)20-8-4-3-5-9-20/h3-16H,1-2H3,(H,30,32). The Morgan fingerprint density at radius 3 is 2.03 bits per heavy atom. The Labute approximate surface area is 200 Å². The average molecular weight is 499 g/mol. The molecule has 0 atom stereocenters. The molecule has 35 heavy (non-hydrogen) atoms. The summed E-state index contributed by atoms with van der Waals surface area (Å²) >= 11 is 0. The topological polar surface area (TPSA) is 68.2 Å². The molecule has 180 valence electrons. The maximum Gasteiger partial charge on any atom is 0.418 e. The predicted molar refractivity (Wildman–Crippen MR) is 127 cm³/mol. The second kappa shape index (κ2) is 9.07. The number of hydrogen-bond acceptors (Lipinski definition) is 3. The Morgan fingerprint density at radius 2 is 1.40 bits per heavy atom. The van der Waals surface area contributed by atoms with Crippen LogP contribution in [0.25, 0.3) is 5.69 Å². The lowest BCUT2D eigenvalue weighted by Crippen LogP contribution is -2.15. The zero-order valence-corrected chi connectivity index (χ0v) is 19.6. The number of hydrogen-bond donors (Lipinski definition) is 1. The van der Waals surface area contributed by atoms with Crippen LogP contribution >= 0.6 is 0 Å². The first-order valence-corrected chi connectivity index (χ1v) is 12.1. The van der Waals surface area contributed by atoms with Crippen LogP contribution in [0.5, 0.6) is 0 Å². The molecule has 0 saturated carbocycles. The number of halogens is 3. The van der Waals surface area contributed by atoms with Crippen LogP contribution in [0.4, 0.5) is 18.9 Å². The van der Waals surface area contributed by atoms with Crippen molar-refractivity contribution < 1.29 is 26.4 Å². The van der Waals surface area contributed by atoms with Crippen molar-refractivity contribution in [1.82, 2.24) is 4.57 Å². The summed E-state index contributed by atoms with van der Waals surface area (Å²) in [5.74, 6) is -0.521. The molecule has 0 bridgehead atoms.